The van der Waals surface area contributed by atoms with Crippen LogP contribution in [0.1, 0.15) is 50.4 Å². The Hall–Kier alpha value is -2.34. The number of nitrogens with zero attached hydrogens (tertiary/aromatic N) is 3. The maximum Gasteiger partial charge on any atom is 0.249 e. The molecule has 1 amide bonds. The number of hydrogen-bond donors (Lipinski definition) is 1. The highest BCUT2D eigenvalue weighted by atomic mass is 16.5. The molecule has 26 heavy (non-hydrogen) atoms. The lowest BCUT2D eigenvalue weighted by Gasteiger charge is -2.36. The quantitative estimate of drug-likeness (QED) is 0.919. The molecule has 1 aliphatic heterocycles. The number of hydrogen-bond acceptors (Lipinski definition) is 5. The van der Waals surface area contributed by atoms with Crippen molar-refractivity contribution in [2.75, 3.05) is 6.61 Å². The van der Waals surface area contributed by atoms with Gasteiger partial charge in [-0.15, -0.1) is 0 Å². The molecule has 3 heterocycles. The maximum absolute atomic E-state index is 12.5. The van der Waals surface area contributed by atoms with Crippen molar-refractivity contribution in [2.45, 2.75) is 51.7 Å². The lowest BCUT2D eigenvalue weighted by Crippen LogP contribution is -2.41. The minimum absolute atomic E-state index is 0.0191. The van der Waals surface area contributed by atoms with E-state index in [2.05, 4.69) is 29.1 Å². The lowest BCUT2D eigenvalue weighted by atomic mass is 9.74. The van der Waals surface area contributed by atoms with Crippen LogP contribution in [0.25, 0.3) is 11.4 Å². The van der Waals surface area contributed by atoms with Crippen LogP contribution in [0.4, 0.5) is 0 Å². The molecule has 1 fully saturated rings. The predicted octanol–water partition coefficient (Wildman–Crippen LogP) is 2.85. The van der Waals surface area contributed by atoms with E-state index in [1.807, 2.05) is 18.3 Å². The second-order valence-corrected chi connectivity index (χ2v) is 7.94. The Morgan fingerprint density at radius 2 is 2.12 bits per heavy atom. The van der Waals surface area contributed by atoms with Crippen LogP contribution in [-0.4, -0.2) is 33.6 Å². The van der Waals surface area contributed by atoms with E-state index in [1.54, 1.807) is 12.4 Å². The molecule has 1 aliphatic carbocycles. The Kier molecular flexibility index (Phi) is 4.44. The van der Waals surface area contributed by atoms with E-state index in [4.69, 9.17) is 9.72 Å². The summed E-state index contributed by atoms with van der Waals surface area (Å²) in [6.45, 7) is 5.11. The minimum Gasteiger partial charge on any atom is -0.368 e. The Morgan fingerprint density at radius 3 is 2.85 bits per heavy atom. The molecule has 6 heteroatoms. The van der Waals surface area contributed by atoms with Gasteiger partial charge in [0.2, 0.25) is 5.91 Å². The van der Waals surface area contributed by atoms with Crippen LogP contribution in [-0.2, 0) is 16.0 Å². The number of ether oxygens (including phenoxy) is 1. The molecule has 0 aromatic carbocycles. The third-order valence-corrected chi connectivity index (χ3v) is 5.16. The largest absolute Gasteiger partial charge is 0.368 e. The second kappa shape index (κ2) is 6.76. The Morgan fingerprint density at radius 1 is 1.31 bits per heavy atom. The highest BCUT2D eigenvalue weighted by Gasteiger charge is 2.36. The average Bonchev–Trinajstić information content (AvgIpc) is 3.16. The number of pyridine rings is 1. The second-order valence-electron chi connectivity index (χ2n) is 7.94. The molecule has 2 aliphatic rings. The van der Waals surface area contributed by atoms with E-state index < -0.39 is 0 Å². The fraction of sp³-hybridized carbons (Fsp3) is 0.500. The first-order chi connectivity index (χ1) is 12.5. The lowest BCUT2D eigenvalue weighted by molar-refractivity contribution is -0.131. The van der Waals surface area contributed by atoms with Crippen LogP contribution >= 0.6 is 0 Å². The molecule has 1 saturated heterocycles. The van der Waals surface area contributed by atoms with Crippen LogP contribution in [0.5, 0.6) is 0 Å². The van der Waals surface area contributed by atoms with Crippen LogP contribution in [0.15, 0.2) is 30.7 Å². The van der Waals surface area contributed by atoms with Gasteiger partial charge < -0.3 is 10.1 Å². The summed E-state index contributed by atoms with van der Waals surface area (Å²) in [4.78, 5) is 25.9. The molecule has 2 aromatic rings. The van der Waals surface area contributed by atoms with Crippen LogP contribution < -0.4 is 5.32 Å². The average molecular weight is 352 g/mol. The van der Waals surface area contributed by atoms with E-state index in [9.17, 15) is 4.79 Å². The molecule has 0 bridgehead atoms. The summed E-state index contributed by atoms with van der Waals surface area (Å²) >= 11 is 0. The molecule has 0 radical (unpaired) electrons. The number of nitrogens with one attached hydrogen (secondary N) is 1. The van der Waals surface area contributed by atoms with Crippen LogP contribution in [0.2, 0.25) is 0 Å². The van der Waals surface area contributed by atoms with Crippen molar-refractivity contribution >= 4 is 5.91 Å². The number of amides is 1. The third-order valence-electron chi connectivity index (χ3n) is 5.16. The highest BCUT2D eigenvalue weighted by Crippen LogP contribution is 2.40. The first kappa shape index (κ1) is 17.1. The van der Waals surface area contributed by atoms with E-state index in [0.29, 0.717) is 12.4 Å². The number of carbonyl (C=O) groups is 1. The van der Waals surface area contributed by atoms with Crippen molar-refractivity contribution < 1.29 is 9.53 Å². The molecule has 136 valence electrons. The van der Waals surface area contributed by atoms with Crippen molar-refractivity contribution in [1.82, 2.24) is 20.3 Å². The van der Waals surface area contributed by atoms with Crippen molar-refractivity contribution in [3.8, 4) is 11.4 Å². The molecular formula is C20H24N4O2. The summed E-state index contributed by atoms with van der Waals surface area (Å²) < 4.78 is 5.52. The summed E-state index contributed by atoms with van der Waals surface area (Å²) in [6, 6.07) is 3.75. The zero-order chi connectivity index (χ0) is 18.1. The van der Waals surface area contributed by atoms with Gasteiger partial charge in [-0.2, -0.15) is 0 Å². The summed E-state index contributed by atoms with van der Waals surface area (Å²) in [5.41, 5.74) is 3.05. The van der Waals surface area contributed by atoms with E-state index in [-0.39, 0.29) is 23.5 Å². The Bertz CT molecular complexity index is 801. The number of carbonyl (C=O) groups excluding carboxylic acids is 1. The van der Waals surface area contributed by atoms with Crippen molar-refractivity contribution in [3.05, 3.63) is 42.0 Å². The van der Waals surface area contributed by atoms with Gasteiger partial charge in [0.05, 0.1) is 11.7 Å². The molecule has 2 aromatic heterocycles. The van der Waals surface area contributed by atoms with Crippen molar-refractivity contribution in [3.63, 3.8) is 0 Å². The van der Waals surface area contributed by atoms with Crippen LogP contribution in [0.3, 0.4) is 0 Å². The smallest absolute Gasteiger partial charge is 0.249 e. The fourth-order valence-electron chi connectivity index (χ4n) is 3.87. The molecule has 0 spiro atoms. The van der Waals surface area contributed by atoms with Crippen molar-refractivity contribution in [1.29, 1.82) is 0 Å². The Labute approximate surface area is 153 Å². The monoisotopic (exact) mass is 352 g/mol. The van der Waals surface area contributed by atoms with Gasteiger partial charge in [0, 0.05) is 36.3 Å². The van der Waals surface area contributed by atoms with Gasteiger partial charge in [0.25, 0.3) is 0 Å². The summed E-state index contributed by atoms with van der Waals surface area (Å²) in [7, 11) is 0. The summed E-state index contributed by atoms with van der Waals surface area (Å²) in [6.07, 6.45) is 8.52. The van der Waals surface area contributed by atoms with Gasteiger partial charge in [-0.3, -0.25) is 9.78 Å². The van der Waals surface area contributed by atoms with Gasteiger partial charge in [-0.25, -0.2) is 9.97 Å². The zero-order valence-electron chi connectivity index (χ0n) is 15.2. The Balaban J connectivity index is 1.63. The summed E-state index contributed by atoms with van der Waals surface area (Å²) in [5, 5.41) is 3.18. The predicted molar refractivity (Wildman–Crippen MR) is 97.2 cm³/mol. The van der Waals surface area contributed by atoms with Gasteiger partial charge in [0.15, 0.2) is 5.82 Å². The molecule has 6 nitrogen and oxygen atoms in total. The van der Waals surface area contributed by atoms with E-state index in [1.165, 1.54) is 0 Å². The zero-order valence-corrected chi connectivity index (χ0v) is 15.2. The molecule has 2 atom stereocenters. The van der Waals surface area contributed by atoms with Crippen molar-refractivity contribution in [2.24, 2.45) is 5.41 Å². The summed E-state index contributed by atoms with van der Waals surface area (Å²) in [5.74, 6) is 0.683. The number of fused-ring (bicyclic) bond motifs is 1. The van der Waals surface area contributed by atoms with Crippen LogP contribution in [0, 0.1) is 5.41 Å². The third kappa shape index (κ3) is 3.46. The van der Waals surface area contributed by atoms with Gasteiger partial charge in [-0.1, -0.05) is 13.8 Å². The van der Waals surface area contributed by atoms with Gasteiger partial charge >= 0.3 is 0 Å². The minimum atomic E-state index is -0.319. The van der Waals surface area contributed by atoms with Gasteiger partial charge in [0.1, 0.15) is 6.10 Å². The fourth-order valence-corrected chi connectivity index (χ4v) is 3.87. The highest BCUT2D eigenvalue weighted by molar-refractivity contribution is 5.81. The molecular weight excluding hydrogens is 328 g/mol. The SMILES string of the molecule is CC1(C)Cc2nc(-c3ccncc3)ncc2[C@@H](NC(=O)[C@@H]2CCCO2)C1. The molecule has 4 rings (SSSR count). The van der Waals surface area contributed by atoms with Gasteiger partial charge in [-0.05, 0) is 43.2 Å². The first-order valence-electron chi connectivity index (χ1n) is 9.20. The number of aromatic nitrogens is 3. The maximum atomic E-state index is 12.5. The molecule has 0 saturated carbocycles. The van der Waals surface area contributed by atoms with E-state index in [0.717, 1.165) is 42.5 Å². The molecule has 0 unspecified atom stereocenters. The normalized spacial score (nSPS) is 24.1. The number of rotatable bonds is 3. The van der Waals surface area contributed by atoms with E-state index >= 15 is 0 Å². The molecule has 1 N–H and O–H groups in total. The topological polar surface area (TPSA) is 77.0 Å². The standard InChI is InChI=1S/C20H24N4O2/c1-20(2)10-15-14(12-22-18(23-15)13-5-7-21-8-6-13)16(11-20)24-19(25)17-4-3-9-26-17/h5-8,12,16-17H,3-4,9-11H2,1-2H3,(H,24,25)/t16-,17-/m0/s1. The first-order valence-corrected chi connectivity index (χ1v) is 9.20.